The van der Waals surface area contributed by atoms with Crippen LogP contribution in [-0.2, 0) is 0 Å². The van der Waals surface area contributed by atoms with Gasteiger partial charge >= 0.3 is 0 Å². The summed E-state index contributed by atoms with van der Waals surface area (Å²) in [6.07, 6.45) is 6.85. The number of hydrogen-bond acceptors (Lipinski definition) is 2. The molecular formula is C9H17NS2. The summed E-state index contributed by atoms with van der Waals surface area (Å²) in [4.78, 5) is 4.64. The van der Waals surface area contributed by atoms with E-state index >= 15 is 0 Å². The average molecular weight is 203 g/mol. The van der Waals surface area contributed by atoms with E-state index in [4.69, 9.17) is 0 Å². The molecule has 70 valence electrons. The Hall–Kier alpha value is -0.0200. The van der Waals surface area contributed by atoms with Crippen LogP contribution in [0.2, 0.25) is 0 Å². The molecular weight excluding hydrogens is 186 g/mol. The van der Waals surface area contributed by atoms with Crippen molar-refractivity contribution in [2.75, 3.05) is 18.8 Å². The lowest BCUT2D eigenvalue weighted by atomic mass is 10.2. The molecule has 0 saturated carbocycles. The summed E-state index contributed by atoms with van der Waals surface area (Å²) >= 11 is 1.79. The number of thiazole rings is 1. The average Bonchev–Trinajstić information content (AvgIpc) is 2.30. The van der Waals surface area contributed by atoms with Gasteiger partial charge in [-0.2, -0.15) is 0 Å². The fourth-order valence-electron chi connectivity index (χ4n) is 0.819. The van der Waals surface area contributed by atoms with Crippen molar-refractivity contribution in [1.29, 1.82) is 0 Å². The van der Waals surface area contributed by atoms with Crippen LogP contribution >= 0.6 is 21.4 Å². The van der Waals surface area contributed by atoms with E-state index in [0.717, 1.165) is 0 Å². The van der Waals surface area contributed by atoms with E-state index in [9.17, 15) is 0 Å². The number of hydrogen-bond donors (Lipinski definition) is 0. The summed E-state index contributed by atoms with van der Waals surface area (Å²) in [7, 11) is -0.616. The predicted octanol–water partition coefficient (Wildman–Crippen LogP) is 3.32. The van der Waals surface area contributed by atoms with Crippen LogP contribution in [-0.4, -0.2) is 23.8 Å². The van der Waals surface area contributed by atoms with Crippen molar-refractivity contribution >= 4 is 21.4 Å². The van der Waals surface area contributed by atoms with Gasteiger partial charge in [0.05, 0.1) is 10.0 Å². The third-order valence-corrected chi connectivity index (χ3v) is 4.38. The molecule has 1 heterocycles. The van der Waals surface area contributed by atoms with Gasteiger partial charge in [0, 0.05) is 11.3 Å². The fraction of sp³-hybridized carbons (Fsp3) is 0.667. The topological polar surface area (TPSA) is 12.9 Å². The zero-order chi connectivity index (χ0) is 9.35. The van der Waals surface area contributed by atoms with Crippen LogP contribution in [0.1, 0.15) is 24.8 Å². The highest BCUT2D eigenvalue weighted by atomic mass is 32.3. The lowest BCUT2D eigenvalue weighted by molar-refractivity contribution is 0.838. The van der Waals surface area contributed by atoms with Crippen LogP contribution < -0.4 is 0 Å². The first kappa shape index (κ1) is 10.1. The van der Waals surface area contributed by atoms with Crippen LogP contribution in [0.15, 0.2) is 10.4 Å². The largest absolute Gasteiger partial charge is 0.236 e. The Balaban J connectivity index is 2.92. The Morgan fingerprint density at radius 3 is 2.17 bits per heavy atom. The molecule has 12 heavy (non-hydrogen) atoms. The first-order valence-corrected chi connectivity index (χ1v) is 7.79. The first-order valence-electron chi connectivity index (χ1n) is 4.05. The lowest BCUT2D eigenvalue weighted by Gasteiger charge is -2.21. The Labute approximate surface area is 80.5 Å². The standard InChI is InChI=1S/C9H17NS2/c1-7(2)9-10-8(6-11-9)12(3,4)5/h6-7H,1-5H3. The SMILES string of the molecule is CC(C)c1nc(S(C)(C)C)cs1. The Bertz CT molecular complexity index is 258. The number of nitrogens with zero attached hydrogens (tertiary/aromatic N) is 1. The van der Waals surface area contributed by atoms with Crippen LogP contribution in [0.25, 0.3) is 0 Å². The third kappa shape index (κ3) is 2.23. The summed E-state index contributed by atoms with van der Waals surface area (Å²) in [5.74, 6) is 0.575. The molecule has 1 aromatic rings. The van der Waals surface area contributed by atoms with Crippen LogP contribution in [0.4, 0.5) is 0 Å². The molecule has 0 bridgehead atoms. The molecule has 1 rings (SSSR count). The van der Waals surface area contributed by atoms with Gasteiger partial charge in [0.2, 0.25) is 0 Å². The van der Waals surface area contributed by atoms with E-state index in [2.05, 4.69) is 43.0 Å². The van der Waals surface area contributed by atoms with Crippen LogP contribution in [0.3, 0.4) is 0 Å². The highest BCUT2D eigenvalue weighted by Crippen LogP contribution is 2.45. The van der Waals surface area contributed by atoms with Gasteiger partial charge in [0.1, 0.15) is 0 Å². The molecule has 0 aliphatic rings. The van der Waals surface area contributed by atoms with Crippen molar-refractivity contribution in [3.05, 3.63) is 10.4 Å². The molecule has 3 heteroatoms. The maximum atomic E-state index is 4.64. The smallest absolute Gasteiger partial charge is 0.0963 e. The van der Waals surface area contributed by atoms with Crippen molar-refractivity contribution in [2.45, 2.75) is 24.8 Å². The third-order valence-electron chi connectivity index (χ3n) is 1.62. The van der Waals surface area contributed by atoms with Gasteiger partial charge in [0.15, 0.2) is 0 Å². The van der Waals surface area contributed by atoms with Gasteiger partial charge in [0.25, 0.3) is 0 Å². The van der Waals surface area contributed by atoms with Gasteiger partial charge in [-0.05, 0) is 18.8 Å². The molecule has 0 aliphatic carbocycles. The van der Waals surface area contributed by atoms with E-state index in [1.54, 1.807) is 11.3 Å². The molecule has 0 amide bonds. The van der Waals surface area contributed by atoms with Crippen molar-refractivity contribution < 1.29 is 0 Å². The van der Waals surface area contributed by atoms with E-state index in [-0.39, 0.29) is 0 Å². The summed E-state index contributed by atoms with van der Waals surface area (Å²) in [6, 6.07) is 0. The number of aromatic nitrogens is 1. The predicted molar refractivity (Wildman–Crippen MR) is 59.8 cm³/mol. The second-order valence-electron chi connectivity index (χ2n) is 4.02. The van der Waals surface area contributed by atoms with Gasteiger partial charge in [-0.3, -0.25) is 0 Å². The molecule has 1 nitrogen and oxygen atoms in total. The summed E-state index contributed by atoms with van der Waals surface area (Å²) in [5.41, 5.74) is 0. The molecule has 0 saturated heterocycles. The van der Waals surface area contributed by atoms with Crippen LogP contribution in [0.5, 0.6) is 0 Å². The quantitative estimate of drug-likeness (QED) is 0.718. The Kier molecular flexibility index (Phi) is 2.84. The van der Waals surface area contributed by atoms with Crippen molar-refractivity contribution in [3.63, 3.8) is 0 Å². The van der Waals surface area contributed by atoms with Gasteiger partial charge in [-0.15, -0.1) is 11.3 Å². The Morgan fingerprint density at radius 1 is 1.33 bits per heavy atom. The molecule has 0 N–H and O–H groups in total. The lowest BCUT2D eigenvalue weighted by Crippen LogP contribution is -1.94. The molecule has 0 atom stereocenters. The molecule has 1 aromatic heterocycles. The molecule has 0 fully saturated rings. The Morgan fingerprint density at radius 2 is 1.92 bits per heavy atom. The number of rotatable bonds is 2. The molecule has 0 aliphatic heterocycles. The van der Waals surface area contributed by atoms with E-state index in [0.29, 0.717) is 5.92 Å². The second kappa shape index (κ2) is 3.38. The minimum Gasteiger partial charge on any atom is -0.236 e. The van der Waals surface area contributed by atoms with Crippen LogP contribution in [0, 0.1) is 0 Å². The summed E-state index contributed by atoms with van der Waals surface area (Å²) in [6.45, 7) is 4.39. The zero-order valence-corrected chi connectivity index (χ0v) is 10.1. The van der Waals surface area contributed by atoms with Crippen molar-refractivity contribution in [3.8, 4) is 0 Å². The fourth-order valence-corrected chi connectivity index (χ4v) is 3.25. The maximum Gasteiger partial charge on any atom is 0.0963 e. The molecule has 0 unspecified atom stereocenters. The second-order valence-corrected chi connectivity index (χ2v) is 9.00. The van der Waals surface area contributed by atoms with E-state index in [1.165, 1.54) is 10.0 Å². The van der Waals surface area contributed by atoms with Gasteiger partial charge < -0.3 is 0 Å². The van der Waals surface area contributed by atoms with Crippen molar-refractivity contribution in [2.24, 2.45) is 0 Å². The zero-order valence-electron chi connectivity index (χ0n) is 8.42. The highest BCUT2D eigenvalue weighted by Gasteiger charge is 2.13. The normalized spacial score (nSPS) is 13.8. The molecule has 0 radical (unpaired) electrons. The first-order chi connectivity index (χ1) is 5.41. The van der Waals surface area contributed by atoms with E-state index < -0.39 is 10.0 Å². The molecule has 0 aromatic carbocycles. The molecule has 0 spiro atoms. The highest BCUT2D eigenvalue weighted by molar-refractivity contribution is 8.32. The minimum absolute atomic E-state index is 0.575. The summed E-state index contributed by atoms with van der Waals surface area (Å²) < 4.78 is 0. The van der Waals surface area contributed by atoms with E-state index in [1.807, 2.05) is 0 Å². The summed E-state index contributed by atoms with van der Waals surface area (Å²) in [5, 5.41) is 4.79. The minimum atomic E-state index is -0.616. The van der Waals surface area contributed by atoms with Gasteiger partial charge in [-0.25, -0.2) is 15.0 Å². The monoisotopic (exact) mass is 203 g/mol. The maximum absolute atomic E-state index is 4.64. The van der Waals surface area contributed by atoms with Gasteiger partial charge in [-0.1, -0.05) is 13.8 Å². The van der Waals surface area contributed by atoms with Crippen molar-refractivity contribution in [1.82, 2.24) is 4.98 Å².